The molecule has 4 nitrogen and oxygen atoms in total. The van der Waals surface area contributed by atoms with Crippen LogP contribution < -0.4 is 0 Å². The molecule has 1 aliphatic heterocycles. The highest BCUT2D eigenvalue weighted by Crippen LogP contribution is 2.42. The fourth-order valence-corrected chi connectivity index (χ4v) is 6.05. The summed E-state index contributed by atoms with van der Waals surface area (Å²) in [5.74, 6) is 0.958. The van der Waals surface area contributed by atoms with Crippen LogP contribution in [0.25, 0.3) is 11.3 Å². The van der Waals surface area contributed by atoms with Crippen molar-refractivity contribution < 1.29 is 5.11 Å². The SMILES string of the molecule is CC(C)(C)c1cc(-c2csc(C3CCN(Cc4nccs4)CC3)n2)cc(C(C)(C)C)c1O. The van der Waals surface area contributed by atoms with Crippen molar-refractivity contribution in [3.05, 3.63) is 50.2 Å². The number of rotatable bonds is 4. The fraction of sp³-hybridized carbons (Fsp3) is 0.538. The number of benzene rings is 1. The summed E-state index contributed by atoms with van der Waals surface area (Å²) in [6.45, 7) is 16.1. The van der Waals surface area contributed by atoms with Crippen LogP contribution in [0, 0.1) is 0 Å². The molecule has 0 radical (unpaired) electrons. The Morgan fingerprint density at radius 2 is 1.62 bits per heavy atom. The van der Waals surface area contributed by atoms with Gasteiger partial charge in [-0.3, -0.25) is 4.90 Å². The molecular weight excluding hydrogens is 434 g/mol. The summed E-state index contributed by atoms with van der Waals surface area (Å²) in [4.78, 5) is 12.0. The number of hydrogen-bond acceptors (Lipinski definition) is 6. The summed E-state index contributed by atoms with van der Waals surface area (Å²) in [6.07, 6.45) is 4.19. The van der Waals surface area contributed by atoms with Crippen molar-refractivity contribution in [1.29, 1.82) is 0 Å². The number of nitrogens with zero attached hydrogens (tertiary/aromatic N) is 3. The van der Waals surface area contributed by atoms with Crippen molar-refractivity contribution in [3.8, 4) is 17.0 Å². The van der Waals surface area contributed by atoms with Gasteiger partial charge >= 0.3 is 0 Å². The summed E-state index contributed by atoms with van der Waals surface area (Å²) in [6, 6.07) is 4.28. The Balaban J connectivity index is 1.55. The maximum atomic E-state index is 11.0. The molecule has 1 aromatic carbocycles. The third-order valence-corrected chi connectivity index (χ3v) is 8.09. The zero-order chi connectivity index (χ0) is 23.1. The molecular formula is C26H35N3OS2. The zero-order valence-electron chi connectivity index (χ0n) is 20.1. The van der Waals surface area contributed by atoms with E-state index >= 15 is 0 Å². The lowest BCUT2D eigenvalue weighted by molar-refractivity contribution is 0.204. The van der Waals surface area contributed by atoms with Crippen molar-refractivity contribution in [2.45, 2.75) is 77.7 Å². The van der Waals surface area contributed by atoms with Crippen molar-refractivity contribution >= 4 is 22.7 Å². The number of aromatic nitrogens is 2. The smallest absolute Gasteiger partial charge is 0.123 e. The molecule has 0 saturated carbocycles. The van der Waals surface area contributed by atoms with Crippen LogP contribution in [0.15, 0.2) is 29.1 Å². The van der Waals surface area contributed by atoms with Gasteiger partial charge in [-0.15, -0.1) is 22.7 Å². The Morgan fingerprint density at radius 3 is 2.16 bits per heavy atom. The third-order valence-electron chi connectivity index (χ3n) is 6.32. The van der Waals surface area contributed by atoms with E-state index < -0.39 is 0 Å². The molecule has 1 aliphatic rings. The molecule has 172 valence electrons. The zero-order valence-corrected chi connectivity index (χ0v) is 21.7. The van der Waals surface area contributed by atoms with Crippen LogP contribution in [0.2, 0.25) is 0 Å². The molecule has 32 heavy (non-hydrogen) atoms. The van der Waals surface area contributed by atoms with Gasteiger partial charge in [0.05, 0.1) is 17.2 Å². The minimum atomic E-state index is -0.136. The van der Waals surface area contributed by atoms with Crippen LogP contribution >= 0.6 is 22.7 Å². The van der Waals surface area contributed by atoms with E-state index in [1.807, 2.05) is 6.20 Å². The molecule has 2 aromatic heterocycles. The van der Waals surface area contributed by atoms with Gasteiger partial charge in [-0.1, -0.05) is 41.5 Å². The van der Waals surface area contributed by atoms with E-state index in [2.05, 4.69) is 74.3 Å². The van der Waals surface area contributed by atoms with Crippen molar-refractivity contribution in [2.75, 3.05) is 13.1 Å². The number of likely N-dealkylation sites (tertiary alicyclic amines) is 1. The fourth-order valence-electron chi connectivity index (χ4n) is 4.39. The first-order chi connectivity index (χ1) is 15.0. The van der Waals surface area contributed by atoms with Gasteiger partial charge in [-0.05, 0) is 48.9 Å². The molecule has 1 saturated heterocycles. The summed E-state index contributed by atoms with van der Waals surface area (Å²) in [5.41, 5.74) is 3.86. The van der Waals surface area contributed by atoms with Crippen LogP contribution in [0.4, 0.5) is 0 Å². The molecule has 0 atom stereocenters. The van der Waals surface area contributed by atoms with Gasteiger partial charge in [0, 0.05) is 39.6 Å². The summed E-state index contributed by atoms with van der Waals surface area (Å²) < 4.78 is 0. The van der Waals surface area contributed by atoms with Crippen LogP contribution in [-0.4, -0.2) is 33.1 Å². The van der Waals surface area contributed by atoms with E-state index in [1.54, 1.807) is 22.7 Å². The highest BCUT2D eigenvalue weighted by molar-refractivity contribution is 7.10. The third kappa shape index (κ3) is 5.08. The van der Waals surface area contributed by atoms with Gasteiger partial charge in [0.15, 0.2) is 0 Å². The van der Waals surface area contributed by atoms with E-state index in [1.165, 1.54) is 10.0 Å². The molecule has 0 unspecified atom stereocenters. The molecule has 0 aliphatic carbocycles. The van der Waals surface area contributed by atoms with Crippen molar-refractivity contribution in [2.24, 2.45) is 0 Å². The number of phenolic OH excluding ortho intramolecular Hbond substituents is 1. The standard InChI is InChI=1S/C26H35N3OS2/c1-25(2,3)19-13-18(14-20(23(19)30)26(4,5)6)21-16-32-24(28-21)17-7-10-29(11-8-17)15-22-27-9-12-31-22/h9,12-14,16-17,30H,7-8,10-11,15H2,1-6H3. The number of piperidine rings is 1. The lowest BCUT2D eigenvalue weighted by atomic mass is 9.78. The van der Waals surface area contributed by atoms with E-state index in [0.717, 1.165) is 54.9 Å². The second-order valence-electron chi connectivity index (χ2n) is 11.0. The first-order valence-electron chi connectivity index (χ1n) is 11.5. The minimum Gasteiger partial charge on any atom is -0.507 e. The van der Waals surface area contributed by atoms with Gasteiger partial charge in [-0.25, -0.2) is 9.97 Å². The highest BCUT2D eigenvalue weighted by atomic mass is 32.1. The summed E-state index contributed by atoms with van der Waals surface area (Å²) in [7, 11) is 0. The molecule has 0 bridgehead atoms. The van der Waals surface area contributed by atoms with Gasteiger partial charge in [0.25, 0.3) is 0 Å². The van der Waals surface area contributed by atoms with Crippen LogP contribution in [-0.2, 0) is 17.4 Å². The summed E-state index contributed by atoms with van der Waals surface area (Å²) >= 11 is 3.53. The quantitative estimate of drug-likeness (QED) is 0.449. The Kier molecular flexibility index (Phi) is 6.49. The Hall–Kier alpha value is -1.76. The first-order valence-corrected chi connectivity index (χ1v) is 13.2. The highest BCUT2D eigenvalue weighted by Gasteiger charge is 2.28. The molecule has 1 N–H and O–H groups in total. The number of hydrogen-bond donors (Lipinski definition) is 1. The molecule has 3 heterocycles. The second kappa shape index (κ2) is 8.88. The number of phenols is 1. The van der Waals surface area contributed by atoms with Crippen LogP contribution in [0.1, 0.15) is 81.4 Å². The largest absolute Gasteiger partial charge is 0.507 e. The molecule has 3 aromatic rings. The molecule has 1 fully saturated rings. The predicted molar refractivity (Wildman–Crippen MR) is 136 cm³/mol. The molecule has 0 amide bonds. The normalized spacial score (nSPS) is 16.6. The van der Waals surface area contributed by atoms with Gasteiger partial charge in [0.1, 0.15) is 10.8 Å². The second-order valence-corrected chi connectivity index (χ2v) is 12.8. The first kappa shape index (κ1) is 23.4. The average molecular weight is 470 g/mol. The molecule has 0 spiro atoms. The van der Waals surface area contributed by atoms with E-state index in [0.29, 0.717) is 11.7 Å². The maximum absolute atomic E-state index is 11.0. The lowest BCUT2D eigenvalue weighted by Gasteiger charge is -2.30. The Labute approximate surface area is 200 Å². The van der Waals surface area contributed by atoms with Crippen LogP contribution in [0.3, 0.4) is 0 Å². The molecule has 4 rings (SSSR count). The van der Waals surface area contributed by atoms with E-state index in [4.69, 9.17) is 4.98 Å². The predicted octanol–water partition coefficient (Wildman–Crippen LogP) is 6.95. The monoisotopic (exact) mass is 469 g/mol. The topological polar surface area (TPSA) is 49.2 Å². The van der Waals surface area contributed by atoms with Crippen molar-refractivity contribution in [1.82, 2.24) is 14.9 Å². The minimum absolute atomic E-state index is 0.136. The van der Waals surface area contributed by atoms with Crippen LogP contribution in [0.5, 0.6) is 5.75 Å². The Morgan fingerprint density at radius 1 is 1.00 bits per heavy atom. The number of aromatic hydroxyl groups is 1. The average Bonchev–Trinajstić information content (AvgIpc) is 3.39. The van der Waals surface area contributed by atoms with Gasteiger partial charge < -0.3 is 5.11 Å². The van der Waals surface area contributed by atoms with E-state index in [9.17, 15) is 5.11 Å². The number of thiazole rings is 2. The molecule has 6 heteroatoms. The maximum Gasteiger partial charge on any atom is 0.123 e. The van der Waals surface area contributed by atoms with Gasteiger partial charge in [-0.2, -0.15) is 0 Å². The van der Waals surface area contributed by atoms with Gasteiger partial charge in [0.2, 0.25) is 0 Å². The summed E-state index contributed by atoms with van der Waals surface area (Å²) in [5, 5.41) is 17.7. The lowest BCUT2D eigenvalue weighted by Crippen LogP contribution is -2.32. The van der Waals surface area contributed by atoms with Crippen molar-refractivity contribution in [3.63, 3.8) is 0 Å². The van der Waals surface area contributed by atoms with E-state index in [-0.39, 0.29) is 10.8 Å². The Bertz CT molecular complexity index is 1010.